The van der Waals surface area contributed by atoms with Crippen molar-refractivity contribution in [3.63, 3.8) is 0 Å². The van der Waals surface area contributed by atoms with Gasteiger partial charge in [-0.05, 0) is 23.6 Å². The standard InChI is InChI=1S/C13H13ClN2O4S3/c14-12-4-3-11(8-13(12)16(17)18)23(19,20)15-5-7-21-9-10-2-1-6-22-10/h1-4,6,8,15H,5,7,9H2. The summed E-state index contributed by atoms with van der Waals surface area (Å²) in [6, 6.07) is 7.41. The second-order valence-electron chi connectivity index (χ2n) is 4.40. The molecule has 0 bridgehead atoms. The SMILES string of the molecule is O=[N+]([O-])c1cc(S(=O)(=O)NCCSCc2cccs2)ccc1Cl. The van der Waals surface area contributed by atoms with Crippen molar-refractivity contribution < 1.29 is 13.3 Å². The molecule has 0 atom stereocenters. The first-order valence-electron chi connectivity index (χ1n) is 6.44. The van der Waals surface area contributed by atoms with Crippen molar-refractivity contribution in [1.29, 1.82) is 0 Å². The summed E-state index contributed by atoms with van der Waals surface area (Å²) >= 11 is 8.94. The summed E-state index contributed by atoms with van der Waals surface area (Å²) in [5, 5.41) is 12.7. The lowest BCUT2D eigenvalue weighted by Crippen LogP contribution is -2.26. The molecule has 0 aliphatic carbocycles. The molecule has 0 saturated heterocycles. The number of halogens is 1. The first kappa shape index (κ1) is 18.2. The van der Waals surface area contributed by atoms with Crippen molar-refractivity contribution in [1.82, 2.24) is 4.72 Å². The Labute approximate surface area is 147 Å². The van der Waals surface area contributed by atoms with Gasteiger partial charge < -0.3 is 0 Å². The molecular weight excluding hydrogens is 380 g/mol. The summed E-state index contributed by atoms with van der Waals surface area (Å²) in [6.07, 6.45) is 0. The Morgan fingerprint density at radius 3 is 2.78 bits per heavy atom. The molecule has 124 valence electrons. The molecule has 1 heterocycles. The fourth-order valence-electron chi connectivity index (χ4n) is 1.70. The van der Waals surface area contributed by atoms with Crippen LogP contribution in [0.2, 0.25) is 5.02 Å². The number of nitrogens with zero attached hydrogens (tertiary/aromatic N) is 1. The first-order chi connectivity index (χ1) is 10.9. The third-order valence-corrected chi connectivity index (χ3v) is 6.63. The summed E-state index contributed by atoms with van der Waals surface area (Å²) in [7, 11) is -3.79. The van der Waals surface area contributed by atoms with Gasteiger partial charge in [-0.2, -0.15) is 11.8 Å². The number of nitro groups is 1. The lowest BCUT2D eigenvalue weighted by atomic mass is 10.3. The van der Waals surface area contributed by atoms with E-state index in [1.165, 1.54) is 17.0 Å². The summed E-state index contributed by atoms with van der Waals surface area (Å²) in [5.74, 6) is 1.43. The topological polar surface area (TPSA) is 89.3 Å². The average molecular weight is 393 g/mol. The molecule has 23 heavy (non-hydrogen) atoms. The third kappa shape index (κ3) is 5.18. The van der Waals surface area contributed by atoms with Crippen LogP contribution in [-0.2, 0) is 15.8 Å². The monoisotopic (exact) mass is 392 g/mol. The Morgan fingerprint density at radius 2 is 2.13 bits per heavy atom. The minimum Gasteiger partial charge on any atom is -0.258 e. The predicted molar refractivity (Wildman–Crippen MR) is 93.8 cm³/mol. The van der Waals surface area contributed by atoms with Crippen molar-refractivity contribution in [2.24, 2.45) is 0 Å². The molecule has 10 heteroatoms. The van der Waals surface area contributed by atoms with Gasteiger partial charge in [0.2, 0.25) is 10.0 Å². The zero-order valence-electron chi connectivity index (χ0n) is 11.8. The van der Waals surface area contributed by atoms with Crippen molar-refractivity contribution in [2.45, 2.75) is 10.6 Å². The number of benzene rings is 1. The molecule has 0 aliphatic heterocycles. The van der Waals surface area contributed by atoms with Gasteiger partial charge in [0, 0.05) is 29.0 Å². The van der Waals surface area contributed by atoms with Crippen LogP contribution in [0.3, 0.4) is 0 Å². The highest BCUT2D eigenvalue weighted by atomic mass is 35.5. The Morgan fingerprint density at radius 1 is 1.35 bits per heavy atom. The molecule has 0 unspecified atom stereocenters. The molecule has 0 radical (unpaired) electrons. The summed E-state index contributed by atoms with van der Waals surface area (Å²) < 4.78 is 26.7. The van der Waals surface area contributed by atoms with Crippen molar-refractivity contribution >= 4 is 50.4 Å². The van der Waals surface area contributed by atoms with Crippen molar-refractivity contribution in [3.05, 3.63) is 55.7 Å². The molecule has 0 saturated carbocycles. The highest BCUT2D eigenvalue weighted by Crippen LogP contribution is 2.27. The van der Waals surface area contributed by atoms with E-state index in [9.17, 15) is 18.5 Å². The van der Waals surface area contributed by atoms with Gasteiger partial charge in [0.05, 0.1) is 9.82 Å². The Bertz CT molecular complexity index is 779. The highest BCUT2D eigenvalue weighted by Gasteiger charge is 2.20. The predicted octanol–water partition coefficient (Wildman–Crippen LogP) is 3.52. The maximum Gasteiger partial charge on any atom is 0.289 e. The van der Waals surface area contributed by atoms with E-state index < -0.39 is 20.6 Å². The summed E-state index contributed by atoms with van der Waals surface area (Å²) in [4.78, 5) is 11.2. The number of rotatable bonds is 8. The molecule has 2 aromatic rings. The van der Waals surface area contributed by atoms with Crippen LogP contribution < -0.4 is 4.72 Å². The van der Waals surface area contributed by atoms with Crippen LogP contribution in [0.15, 0.2) is 40.6 Å². The second-order valence-corrected chi connectivity index (χ2v) is 8.71. The van der Waals surface area contributed by atoms with E-state index in [1.54, 1.807) is 23.1 Å². The van der Waals surface area contributed by atoms with Gasteiger partial charge in [-0.15, -0.1) is 11.3 Å². The average Bonchev–Trinajstić information content (AvgIpc) is 3.00. The van der Waals surface area contributed by atoms with Gasteiger partial charge in [-0.25, -0.2) is 13.1 Å². The molecule has 2 rings (SSSR count). The Hall–Kier alpha value is -1.13. The normalized spacial score (nSPS) is 11.5. The zero-order chi connectivity index (χ0) is 16.9. The molecule has 0 aliphatic rings. The first-order valence-corrected chi connectivity index (χ1v) is 10.3. The van der Waals surface area contributed by atoms with Crippen LogP contribution in [0.25, 0.3) is 0 Å². The lowest BCUT2D eigenvalue weighted by Gasteiger charge is -2.07. The van der Waals surface area contributed by atoms with E-state index in [4.69, 9.17) is 11.6 Å². The third-order valence-electron chi connectivity index (χ3n) is 2.79. The van der Waals surface area contributed by atoms with E-state index in [2.05, 4.69) is 4.72 Å². The fourth-order valence-corrected chi connectivity index (χ4v) is 4.77. The maximum absolute atomic E-state index is 12.1. The minimum absolute atomic E-state index is 0.0968. The molecule has 1 aromatic heterocycles. The largest absolute Gasteiger partial charge is 0.289 e. The Balaban J connectivity index is 1.91. The number of hydrogen-bond donors (Lipinski definition) is 1. The van der Waals surface area contributed by atoms with Crippen LogP contribution in [0, 0.1) is 10.1 Å². The van der Waals surface area contributed by atoms with Gasteiger partial charge in [-0.3, -0.25) is 10.1 Å². The zero-order valence-corrected chi connectivity index (χ0v) is 15.0. The Kier molecular flexibility index (Phi) is 6.42. The van der Waals surface area contributed by atoms with E-state index in [-0.39, 0.29) is 16.5 Å². The lowest BCUT2D eigenvalue weighted by molar-refractivity contribution is -0.384. The molecular formula is C13H13ClN2O4S3. The van der Waals surface area contributed by atoms with E-state index >= 15 is 0 Å². The number of nitro benzene ring substituents is 1. The van der Waals surface area contributed by atoms with Gasteiger partial charge in [0.1, 0.15) is 5.02 Å². The van der Waals surface area contributed by atoms with Crippen LogP contribution in [-0.4, -0.2) is 25.6 Å². The van der Waals surface area contributed by atoms with Crippen LogP contribution in [0.1, 0.15) is 4.88 Å². The molecule has 0 amide bonds. The number of sulfonamides is 1. The number of thioether (sulfide) groups is 1. The highest BCUT2D eigenvalue weighted by molar-refractivity contribution is 7.98. The van der Waals surface area contributed by atoms with Gasteiger partial charge in [0.15, 0.2) is 0 Å². The van der Waals surface area contributed by atoms with Gasteiger partial charge in [0.25, 0.3) is 5.69 Å². The summed E-state index contributed by atoms with van der Waals surface area (Å²) in [6.45, 7) is 0.245. The molecule has 1 aromatic carbocycles. The van der Waals surface area contributed by atoms with E-state index in [0.717, 1.165) is 11.8 Å². The van der Waals surface area contributed by atoms with E-state index in [1.807, 2.05) is 17.5 Å². The summed E-state index contributed by atoms with van der Waals surface area (Å²) in [5.41, 5.74) is -0.429. The van der Waals surface area contributed by atoms with Gasteiger partial charge >= 0.3 is 0 Å². The van der Waals surface area contributed by atoms with Crippen LogP contribution in [0.5, 0.6) is 0 Å². The van der Waals surface area contributed by atoms with E-state index in [0.29, 0.717) is 5.75 Å². The van der Waals surface area contributed by atoms with Crippen LogP contribution in [0.4, 0.5) is 5.69 Å². The second kappa shape index (κ2) is 8.11. The van der Waals surface area contributed by atoms with Crippen LogP contribution >= 0.6 is 34.7 Å². The fraction of sp³-hybridized carbons (Fsp3) is 0.231. The molecule has 6 nitrogen and oxygen atoms in total. The number of thiophene rings is 1. The number of hydrogen-bond acceptors (Lipinski definition) is 6. The molecule has 0 spiro atoms. The number of nitrogens with one attached hydrogen (secondary N) is 1. The maximum atomic E-state index is 12.1. The quantitative estimate of drug-likeness (QED) is 0.421. The minimum atomic E-state index is -3.79. The smallest absolute Gasteiger partial charge is 0.258 e. The van der Waals surface area contributed by atoms with Crippen molar-refractivity contribution in [3.8, 4) is 0 Å². The van der Waals surface area contributed by atoms with Gasteiger partial charge in [-0.1, -0.05) is 17.7 Å². The van der Waals surface area contributed by atoms with Crippen molar-refractivity contribution in [2.75, 3.05) is 12.3 Å². The molecule has 1 N–H and O–H groups in total. The molecule has 0 fully saturated rings.